The molecule has 0 atom stereocenters. The molecule has 1 N–H and O–H groups in total. The molecule has 2 amide bonds. The van der Waals surface area contributed by atoms with Crippen molar-refractivity contribution in [2.45, 2.75) is 19.3 Å². The summed E-state index contributed by atoms with van der Waals surface area (Å²) in [5.74, 6) is -4.00. The summed E-state index contributed by atoms with van der Waals surface area (Å²) >= 11 is 1.29. The van der Waals surface area contributed by atoms with E-state index in [1.807, 2.05) is 24.3 Å². The molecule has 0 unspecified atom stereocenters. The van der Waals surface area contributed by atoms with Crippen LogP contribution in [0.2, 0.25) is 0 Å². The molecule has 2 aromatic heterocycles. The fourth-order valence-corrected chi connectivity index (χ4v) is 6.38. The number of anilines is 3. The molecule has 0 radical (unpaired) electrons. The molecule has 216 valence electrons. The van der Waals surface area contributed by atoms with Crippen molar-refractivity contribution in [2.24, 2.45) is 0 Å². The molecule has 2 aromatic carbocycles. The maximum Gasteiger partial charge on any atom is 0.288 e. The highest BCUT2D eigenvalue weighted by atomic mass is 32.1. The Morgan fingerprint density at radius 3 is 2.69 bits per heavy atom. The number of carbonyl (C=O) groups excluding carboxylic acids is 2. The first-order chi connectivity index (χ1) is 20.2. The van der Waals surface area contributed by atoms with E-state index in [4.69, 9.17) is 4.74 Å². The monoisotopic (exact) mass is 592 g/mol. The van der Waals surface area contributed by atoms with Gasteiger partial charge in [-0.25, -0.2) is 18.2 Å². The first-order valence-electron chi connectivity index (χ1n) is 13.5. The van der Waals surface area contributed by atoms with Crippen molar-refractivity contribution in [3.8, 4) is 10.4 Å². The number of para-hydroxylation sites is 2. The minimum absolute atomic E-state index is 0.136. The molecule has 11 heteroatoms. The number of thiophene rings is 1. The predicted octanol–water partition coefficient (Wildman–Crippen LogP) is 6.18. The molecule has 4 aromatic rings. The zero-order chi connectivity index (χ0) is 29.4. The predicted molar refractivity (Wildman–Crippen MR) is 156 cm³/mol. The lowest BCUT2D eigenvalue weighted by Crippen LogP contribution is -2.38. The minimum atomic E-state index is -3.02. The van der Waals surface area contributed by atoms with E-state index in [1.54, 1.807) is 48.2 Å². The number of fused-ring (bicyclic) bond motifs is 3. The Hall–Kier alpha value is -4.22. The first-order valence-corrected chi connectivity index (χ1v) is 14.3. The number of hydrogen-bond acceptors (Lipinski definition) is 6. The molecule has 0 bridgehead atoms. The Bertz CT molecular complexity index is 1650. The number of hydrogen-bond donors (Lipinski definition) is 1. The van der Waals surface area contributed by atoms with E-state index in [9.17, 15) is 22.8 Å². The Kier molecular flexibility index (Phi) is 7.46. The molecular weight excluding hydrogens is 565 g/mol. The average Bonchev–Trinajstić information content (AvgIpc) is 3.23. The number of amides is 2. The third kappa shape index (κ3) is 5.49. The molecule has 1 saturated heterocycles. The number of carbonyl (C=O) groups is 2. The number of benzene rings is 2. The van der Waals surface area contributed by atoms with Crippen molar-refractivity contribution in [3.05, 3.63) is 94.2 Å². The van der Waals surface area contributed by atoms with E-state index in [1.165, 1.54) is 22.3 Å². The van der Waals surface area contributed by atoms with Crippen molar-refractivity contribution < 1.29 is 27.5 Å². The van der Waals surface area contributed by atoms with E-state index in [0.717, 1.165) is 16.0 Å². The molecule has 0 aliphatic carbocycles. The van der Waals surface area contributed by atoms with Crippen LogP contribution >= 0.6 is 11.3 Å². The quantitative estimate of drug-likeness (QED) is 0.306. The number of nitrogens with zero attached hydrogens (tertiary/aromatic N) is 3. The van der Waals surface area contributed by atoms with Crippen molar-refractivity contribution in [1.82, 2.24) is 4.98 Å². The van der Waals surface area contributed by atoms with Gasteiger partial charge in [0.05, 0.1) is 29.4 Å². The smallest absolute Gasteiger partial charge is 0.288 e. The maximum absolute atomic E-state index is 14.4. The van der Waals surface area contributed by atoms with Crippen molar-refractivity contribution in [2.75, 3.05) is 48.0 Å². The van der Waals surface area contributed by atoms with Crippen LogP contribution in [-0.4, -0.2) is 55.6 Å². The number of rotatable bonds is 4. The molecule has 2 aliphatic rings. The second kappa shape index (κ2) is 11.2. The molecule has 6 rings (SSSR count). The van der Waals surface area contributed by atoms with Gasteiger partial charge in [-0.1, -0.05) is 36.4 Å². The van der Waals surface area contributed by atoms with E-state index < -0.39 is 30.8 Å². The lowest BCUT2D eigenvalue weighted by Gasteiger charge is -2.26. The highest BCUT2D eigenvalue weighted by molar-refractivity contribution is 7.17. The van der Waals surface area contributed by atoms with E-state index in [-0.39, 0.29) is 36.3 Å². The molecule has 4 heterocycles. The van der Waals surface area contributed by atoms with Gasteiger partial charge in [0.1, 0.15) is 23.9 Å². The van der Waals surface area contributed by atoms with Crippen LogP contribution in [0.15, 0.2) is 66.7 Å². The Morgan fingerprint density at radius 1 is 1.05 bits per heavy atom. The Balaban J connectivity index is 1.28. The first kappa shape index (κ1) is 27.9. The highest BCUT2D eigenvalue weighted by Gasteiger charge is 2.35. The SMILES string of the molecule is Cc1cccc(F)c1NC(=O)c1cc2c(s1)-c1ccccc1N(C(=O)c1cccc(N3CCOCC(F)(F)C3)n1)CC2. The average molecular weight is 593 g/mol. The van der Waals surface area contributed by atoms with Crippen molar-refractivity contribution >= 4 is 40.3 Å². The minimum Gasteiger partial charge on any atom is -0.373 e. The molecule has 0 spiro atoms. The number of pyridine rings is 1. The van der Waals surface area contributed by atoms with Crippen molar-refractivity contribution in [3.63, 3.8) is 0 Å². The van der Waals surface area contributed by atoms with E-state index in [0.29, 0.717) is 29.1 Å². The van der Waals surface area contributed by atoms with Crippen LogP contribution < -0.4 is 15.1 Å². The Morgan fingerprint density at radius 2 is 1.86 bits per heavy atom. The summed E-state index contributed by atoms with van der Waals surface area (Å²) in [6, 6.07) is 18.7. The molecular formula is C31H27F3N4O3S. The molecule has 1 fully saturated rings. The second-order valence-corrected chi connectivity index (χ2v) is 11.3. The van der Waals surface area contributed by atoms with Crippen LogP contribution in [0.5, 0.6) is 0 Å². The maximum atomic E-state index is 14.4. The van der Waals surface area contributed by atoms with Gasteiger partial charge in [0.15, 0.2) is 0 Å². The number of aromatic nitrogens is 1. The number of ether oxygens (including phenoxy) is 1. The normalized spacial score (nSPS) is 16.2. The summed E-state index contributed by atoms with van der Waals surface area (Å²) in [5, 5.41) is 2.70. The zero-order valence-electron chi connectivity index (χ0n) is 22.7. The van der Waals surface area contributed by atoms with Gasteiger partial charge in [0, 0.05) is 23.5 Å². The fraction of sp³-hybridized carbons (Fsp3) is 0.258. The number of nitrogens with one attached hydrogen (secondary N) is 1. The van der Waals surface area contributed by atoms with Crippen molar-refractivity contribution in [1.29, 1.82) is 0 Å². The van der Waals surface area contributed by atoms with Gasteiger partial charge in [-0.15, -0.1) is 11.3 Å². The summed E-state index contributed by atoms with van der Waals surface area (Å²) in [6.45, 7) is 1.22. The van der Waals surface area contributed by atoms with Gasteiger partial charge in [0.2, 0.25) is 0 Å². The van der Waals surface area contributed by atoms with Gasteiger partial charge in [0.25, 0.3) is 17.7 Å². The van der Waals surface area contributed by atoms with Crippen LogP contribution in [0.25, 0.3) is 10.4 Å². The zero-order valence-corrected chi connectivity index (χ0v) is 23.5. The summed E-state index contributed by atoms with van der Waals surface area (Å²) in [7, 11) is 0. The lowest BCUT2D eigenvalue weighted by molar-refractivity contribution is -0.0564. The van der Waals surface area contributed by atoms with Gasteiger partial charge >= 0.3 is 0 Å². The standard InChI is InChI=1S/C31H27F3N4O3S/c1-19-6-4-8-22(32)27(19)36-29(39)25-16-20-12-13-38(24-10-3-2-7-21(24)28(20)42-25)30(40)23-9-5-11-26(35-23)37-14-15-41-18-31(33,34)17-37/h2-11,16H,12-15,17-18H2,1H3,(H,36,39). The molecule has 0 saturated carbocycles. The molecule has 42 heavy (non-hydrogen) atoms. The van der Waals surface area contributed by atoms with E-state index in [2.05, 4.69) is 10.3 Å². The second-order valence-electron chi connectivity index (χ2n) is 10.3. The molecule has 7 nitrogen and oxygen atoms in total. The number of aryl methyl sites for hydroxylation is 1. The highest BCUT2D eigenvalue weighted by Crippen LogP contribution is 2.42. The van der Waals surface area contributed by atoms with Crippen LogP contribution in [-0.2, 0) is 11.2 Å². The van der Waals surface area contributed by atoms with E-state index >= 15 is 0 Å². The van der Waals surface area contributed by atoms with Gasteiger partial charge in [-0.05, 0) is 54.8 Å². The largest absolute Gasteiger partial charge is 0.373 e. The van der Waals surface area contributed by atoms with Gasteiger partial charge < -0.3 is 19.9 Å². The molecule has 2 aliphatic heterocycles. The van der Waals surface area contributed by atoms with Crippen LogP contribution in [0.3, 0.4) is 0 Å². The number of halogens is 3. The summed E-state index contributed by atoms with van der Waals surface area (Å²) in [4.78, 5) is 35.8. The van der Waals surface area contributed by atoms with Crippen LogP contribution in [0, 0.1) is 12.7 Å². The topological polar surface area (TPSA) is 74.8 Å². The van der Waals surface area contributed by atoms with Crippen LogP contribution in [0.1, 0.15) is 31.3 Å². The fourth-order valence-electron chi connectivity index (χ4n) is 5.24. The van der Waals surface area contributed by atoms with Crippen LogP contribution in [0.4, 0.5) is 30.4 Å². The third-order valence-electron chi connectivity index (χ3n) is 7.30. The third-order valence-corrected chi connectivity index (χ3v) is 8.51. The lowest BCUT2D eigenvalue weighted by atomic mass is 10.1. The van der Waals surface area contributed by atoms with Gasteiger partial charge in [-0.3, -0.25) is 9.59 Å². The number of alkyl halides is 2. The summed E-state index contributed by atoms with van der Waals surface area (Å²) in [6.07, 6.45) is 0.466. The summed E-state index contributed by atoms with van der Waals surface area (Å²) in [5.41, 5.74) is 3.24. The summed E-state index contributed by atoms with van der Waals surface area (Å²) < 4.78 is 47.7. The Labute approximate surface area is 244 Å². The van der Waals surface area contributed by atoms with Gasteiger partial charge in [-0.2, -0.15) is 0 Å².